The molecule has 0 aromatic carbocycles. The number of amides is 2. The van der Waals surface area contributed by atoms with Crippen molar-refractivity contribution in [1.82, 2.24) is 30.1 Å². The average molecular weight is 412 g/mol. The predicted molar refractivity (Wildman–Crippen MR) is 89.4 cm³/mol. The fourth-order valence-corrected chi connectivity index (χ4v) is 2.16. The minimum absolute atomic E-state index is 0.00125. The molecule has 29 heavy (non-hydrogen) atoms. The SMILES string of the molecule is COc1ncc(N(Cc2cc(C(F)(F)F)n[nH]2)C(=O)Nc2cnc(F)nc2)cn1. The van der Waals surface area contributed by atoms with E-state index in [0.717, 1.165) is 23.4 Å². The lowest BCUT2D eigenvalue weighted by molar-refractivity contribution is -0.141. The molecule has 0 aliphatic rings. The number of anilines is 2. The second-order valence-electron chi connectivity index (χ2n) is 5.46. The standard InChI is InChI=1S/C15H12F4N8O2/c1-29-13-22-5-10(6-23-13)27(7-8-2-11(26-25-8)15(17,18)19)14(28)24-9-3-20-12(16)21-4-9/h2-6H,7H2,1H3,(H,24,28)(H,25,26). The number of urea groups is 1. The Kier molecular flexibility index (Phi) is 5.52. The van der Waals surface area contributed by atoms with Crippen LogP contribution in [-0.2, 0) is 12.7 Å². The third-order valence-corrected chi connectivity index (χ3v) is 3.48. The molecule has 3 aromatic rings. The Labute approximate surface area is 160 Å². The van der Waals surface area contributed by atoms with Gasteiger partial charge in [0, 0.05) is 0 Å². The van der Waals surface area contributed by atoms with Gasteiger partial charge in [-0.25, -0.2) is 24.7 Å². The van der Waals surface area contributed by atoms with E-state index in [2.05, 4.69) is 35.5 Å². The number of ether oxygens (including phenoxy) is 1. The highest BCUT2D eigenvalue weighted by molar-refractivity contribution is 6.01. The summed E-state index contributed by atoms with van der Waals surface area (Å²) >= 11 is 0. The number of alkyl halides is 3. The number of halogens is 4. The van der Waals surface area contributed by atoms with Gasteiger partial charge in [0.25, 0.3) is 0 Å². The molecule has 0 fully saturated rings. The smallest absolute Gasteiger partial charge is 0.435 e. The van der Waals surface area contributed by atoms with Crippen molar-refractivity contribution in [2.45, 2.75) is 12.7 Å². The van der Waals surface area contributed by atoms with Crippen molar-refractivity contribution in [2.24, 2.45) is 0 Å². The first-order valence-corrected chi connectivity index (χ1v) is 7.80. The van der Waals surface area contributed by atoms with E-state index >= 15 is 0 Å². The second-order valence-corrected chi connectivity index (χ2v) is 5.46. The Morgan fingerprint density at radius 2 is 1.83 bits per heavy atom. The molecule has 10 nitrogen and oxygen atoms in total. The molecular formula is C15H12F4N8O2. The first-order chi connectivity index (χ1) is 13.8. The molecule has 0 unspecified atom stereocenters. The molecule has 0 saturated carbocycles. The Balaban J connectivity index is 1.87. The molecule has 0 spiro atoms. The van der Waals surface area contributed by atoms with Gasteiger partial charge in [0.15, 0.2) is 5.69 Å². The van der Waals surface area contributed by atoms with Crippen LogP contribution in [0.1, 0.15) is 11.4 Å². The number of hydrogen-bond acceptors (Lipinski definition) is 7. The van der Waals surface area contributed by atoms with Crippen LogP contribution in [0.3, 0.4) is 0 Å². The first-order valence-electron chi connectivity index (χ1n) is 7.80. The Morgan fingerprint density at radius 3 is 2.38 bits per heavy atom. The minimum atomic E-state index is -4.64. The summed E-state index contributed by atoms with van der Waals surface area (Å²) in [5.41, 5.74) is -0.921. The molecule has 0 atom stereocenters. The maximum absolute atomic E-state index is 12.8. The number of aromatic amines is 1. The molecule has 0 saturated heterocycles. The monoisotopic (exact) mass is 412 g/mol. The highest BCUT2D eigenvalue weighted by atomic mass is 19.4. The van der Waals surface area contributed by atoms with Crippen LogP contribution in [-0.4, -0.2) is 43.3 Å². The van der Waals surface area contributed by atoms with Crippen LogP contribution in [0.5, 0.6) is 6.01 Å². The number of H-pyrrole nitrogens is 1. The molecule has 2 amide bonds. The van der Waals surface area contributed by atoms with Crippen molar-refractivity contribution in [3.63, 3.8) is 0 Å². The zero-order valence-electron chi connectivity index (χ0n) is 14.6. The average Bonchev–Trinajstić information content (AvgIpc) is 3.17. The van der Waals surface area contributed by atoms with Crippen molar-refractivity contribution in [3.05, 3.63) is 48.3 Å². The van der Waals surface area contributed by atoms with Crippen molar-refractivity contribution in [3.8, 4) is 6.01 Å². The maximum atomic E-state index is 12.8. The number of nitrogens with one attached hydrogen (secondary N) is 2. The van der Waals surface area contributed by atoms with Gasteiger partial charge in [0.1, 0.15) is 0 Å². The van der Waals surface area contributed by atoms with Crippen molar-refractivity contribution < 1.29 is 27.1 Å². The molecular weight excluding hydrogens is 400 g/mol. The third-order valence-electron chi connectivity index (χ3n) is 3.48. The van der Waals surface area contributed by atoms with Gasteiger partial charge in [-0.2, -0.15) is 22.7 Å². The van der Waals surface area contributed by atoms with Crippen molar-refractivity contribution in [1.29, 1.82) is 0 Å². The van der Waals surface area contributed by atoms with Crippen molar-refractivity contribution in [2.75, 3.05) is 17.3 Å². The quantitative estimate of drug-likeness (QED) is 0.487. The maximum Gasteiger partial charge on any atom is 0.435 e. The summed E-state index contributed by atoms with van der Waals surface area (Å²) in [5, 5.41) is 7.83. The lowest BCUT2D eigenvalue weighted by Gasteiger charge is -2.21. The van der Waals surface area contributed by atoms with Crippen LogP contribution in [0, 0.1) is 6.08 Å². The van der Waals surface area contributed by atoms with E-state index in [1.54, 1.807) is 0 Å². The van der Waals surface area contributed by atoms with Crippen LogP contribution in [0.25, 0.3) is 0 Å². The van der Waals surface area contributed by atoms with E-state index in [1.165, 1.54) is 19.5 Å². The van der Waals surface area contributed by atoms with Crippen LogP contribution < -0.4 is 15.0 Å². The van der Waals surface area contributed by atoms with Gasteiger partial charge in [-0.05, 0) is 6.07 Å². The van der Waals surface area contributed by atoms with Gasteiger partial charge >= 0.3 is 24.3 Å². The number of hydrogen-bond donors (Lipinski definition) is 2. The summed E-state index contributed by atoms with van der Waals surface area (Å²) in [6.45, 7) is -0.327. The van der Waals surface area contributed by atoms with Gasteiger partial charge in [0.05, 0.1) is 55.5 Å². The van der Waals surface area contributed by atoms with E-state index in [-0.39, 0.29) is 29.6 Å². The molecule has 0 radical (unpaired) electrons. The number of carbonyl (C=O) groups is 1. The molecule has 0 bridgehead atoms. The first kappa shape index (κ1) is 19.9. The fourth-order valence-electron chi connectivity index (χ4n) is 2.16. The minimum Gasteiger partial charge on any atom is -0.467 e. The lowest BCUT2D eigenvalue weighted by atomic mass is 10.3. The fraction of sp³-hybridized carbons (Fsp3) is 0.200. The number of nitrogens with zero attached hydrogens (tertiary/aromatic N) is 6. The van der Waals surface area contributed by atoms with Gasteiger partial charge in [-0.1, -0.05) is 0 Å². The van der Waals surface area contributed by atoms with Gasteiger partial charge in [-0.15, -0.1) is 0 Å². The highest BCUT2D eigenvalue weighted by Gasteiger charge is 2.34. The number of methoxy groups -OCH3 is 1. The van der Waals surface area contributed by atoms with Crippen LogP contribution in [0.15, 0.2) is 30.9 Å². The molecule has 3 rings (SSSR count). The molecule has 0 aliphatic heterocycles. The zero-order valence-corrected chi connectivity index (χ0v) is 14.6. The van der Waals surface area contributed by atoms with Crippen LogP contribution in [0.4, 0.5) is 33.7 Å². The van der Waals surface area contributed by atoms with Crippen molar-refractivity contribution >= 4 is 17.4 Å². The topological polar surface area (TPSA) is 122 Å². The third kappa shape index (κ3) is 4.91. The summed E-state index contributed by atoms with van der Waals surface area (Å²) in [6.07, 6.45) is -1.08. The second kappa shape index (κ2) is 8.04. The van der Waals surface area contributed by atoms with Gasteiger partial charge in [-0.3, -0.25) is 10.00 Å². The number of aromatic nitrogens is 6. The summed E-state index contributed by atoms with van der Waals surface area (Å²) in [5.74, 6) is 0. The molecule has 3 aromatic heterocycles. The van der Waals surface area contributed by atoms with E-state index in [4.69, 9.17) is 4.74 Å². The zero-order chi connectivity index (χ0) is 21.0. The van der Waals surface area contributed by atoms with E-state index in [9.17, 15) is 22.4 Å². The van der Waals surface area contributed by atoms with E-state index < -0.39 is 24.0 Å². The lowest BCUT2D eigenvalue weighted by Crippen LogP contribution is -2.35. The van der Waals surface area contributed by atoms with Crippen LogP contribution in [0.2, 0.25) is 0 Å². The van der Waals surface area contributed by atoms with Gasteiger partial charge in [0.2, 0.25) is 0 Å². The highest BCUT2D eigenvalue weighted by Crippen LogP contribution is 2.28. The van der Waals surface area contributed by atoms with Crippen LogP contribution >= 0.6 is 0 Å². The Bertz CT molecular complexity index is 975. The Morgan fingerprint density at radius 1 is 1.17 bits per heavy atom. The Hall–Kier alpha value is -3.84. The molecule has 152 valence electrons. The normalized spacial score (nSPS) is 11.2. The largest absolute Gasteiger partial charge is 0.467 e. The van der Waals surface area contributed by atoms with Gasteiger partial charge < -0.3 is 10.1 Å². The molecule has 3 heterocycles. The summed E-state index contributed by atoms with van der Waals surface area (Å²) in [7, 11) is 1.34. The van der Waals surface area contributed by atoms with E-state index in [1.807, 2.05) is 0 Å². The van der Waals surface area contributed by atoms with E-state index in [0.29, 0.717) is 0 Å². The predicted octanol–water partition coefficient (Wildman–Crippen LogP) is 2.39. The summed E-state index contributed by atoms with van der Waals surface area (Å²) in [4.78, 5) is 28.1. The number of rotatable bonds is 5. The molecule has 0 aliphatic carbocycles. The molecule has 14 heteroatoms. The number of carbonyl (C=O) groups excluding carboxylic acids is 1. The molecule has 2 N–H and O–H groups in total. The summed E-state index contributed by atoms with van der Waals surface area (Å²) < 4.78 is 56.0. The summed E-state index contributed by atoms with van der Waals surface area (Å²) in [6, 6.07) is 0.0187.